The van der Waals surface area contributed by atoms with Gasteiger partial charge in [-0.2, -0.15) is 0 Å². The highest BCUT2D eigenvalue weighted by Gasteiger charge is 2.63. The molecule has 0 saturated heterocycles. The Morgan fingerprint density at radius 1 is 0.623 bits per heavy atom. The fourth-order valence-corrected chi connectivity index (χ4v) is 21.6. The molecule has 1 atom stereocenters. The Bertz CT molecular complexity index is 2000. The number of benzene rings is 2. The standard InChI is InChI=1S/C48H58N2P2Si/c1-53(2,3)40-22-39(30-52(46-24-31-16-32(25-46)18-33(17-31)26-46)47-27-34-19-35(28-47)21-36(20-34)29-47)41(23-40)48(51,44-14-12-37-8-4-6-10-42(37)49-44)45-15-13-38-9-5-7-11-43(38)50-45/h4-15,22,31-36H,16-21,23-30,51H2,1-3H3. The van der Waals surface area contributed by atoms with Crippen LogP contribution < -0.4 is 0 Å². The lowest BCUT2D eigenvalue weighted by molar-refractivity contribution is 0.0187. The molecule has 2 aromatic heterocycles. The summed E-state index contributed by atoms with van der Waals surface area (Å²) >= 11 is 0. The number of fused-ring (bicyclic) bond motifs is 2. The summed E-state index contributed by atoms with van der Waals surface area (Å²) in [7, 11) is 1.70. The van der Waals surface area contributed by atoms with Gasteiger partial charge in [0.25, 0.3) is 0 Å². The first-order chi connectivity index (χ1) is 25.6. The molecular weight excluding hydrogens is 695 g/mol. The van der Waals surface area contributed by atoms with E-state index >= 15 is 0 Å². The number of hydrogen-bond acceptors (Lipinski definition) is 2. The minimum Gasteiger partial charge on any atom is -0.251 e. The first-order valence-corrected chi connectivity index (χ1v) is 26.9. The average Bonchev–Trinajstić information content (AvgIpc) is 3.57. The van der Waals surface area contributed by atoms with Gasteiger partial charge in [-0.15, -0.1) is 9.24 Å². The number of nitrogens with zero attached hydrogens (tertiary/aromatic N) is 2. The van der Waals surface area contributed by atoms with Crippen LogP contribution in [-0.4, -0.2) is 34.5 Å². The smallest absolute Gasteiger partial charge is 0.0902 e. The number of para-hydroxylation sites is 2. The maximum absolute atomic E-state index is 5.56. The van der Waals surface area contributed by atoms with Crippen molar-refractivity contribution >= 4 is 47.0 Å². The zero-order valence-corrected chi connectivity index (χ0v) is 35.3. The minimum absolute atomic E-state index is 0.180. The maximum Gasteiger partial charge on any atom is 0.0902 e. The van der Waals surface area contributed by atoms with Crippen LogP contribution in [0.15, 0.2) is 95.2 Å². The highest BCUT2D eigenvalue weighted by atomic mass is 31.1. The quantitative estimate of drug-likeness (QED) is 0.132. The Balaban J connectivity index is 1.12. The van der Waals surface area contributed by atoms with Gasteiger partial charge in [0.15, 0.2) is 0 Å². The first kappa shape index (κ1) is 34.1. The summed E-state index contributed by atoms with van der Waals surface area (Å²) in [5.41, 5.74) is 7.75. The van der Waals surface area contributed by atoms with Crippen LogP contribution in [0.4, 0.5) is 0 Å². The third kappa shape index (κ3) is 5.51. The summed E-state index contributed by atoms with van der Waals surface area (Å²) in [5.74, 6) is 6.05. The number of rotatable bonds is 8. The molecule has 2 heterocycles. The predicted molar refractivity (Wildman–Crippen MR) is 231 cm³/mol. The van der Waals surface area contributed by atoms with Crippen LogP contribution in [0.3, 0.4) is 0 Å². The molecule has 0 spiro atoms. The second kappa shape index (κ2) is 12.2. The molecule has 9 aliphatic carbocycles. The van der Waals surface area contributed by atoms with Crippen molar-refractivity contribution in [3.63, 3.8) is 0 Å². The van der Waals surface area contributed by atoms with E-state index in [1.807, 2.05) is 0 Å². The number of hydrogen-bond donors (Lipinski definition) is 0. The zero-order valence-electron chi connectivity index (χ0n) is 32.3. The van der Waals surface area contributed by atoms with Crippen molar-refractivity contribution in [3.8, 4) is 0 Å². The molecule has 9 aliphatic rings. The van der Waals surface area contributed by atoms with E-state index in [0.29, 0.717) is 10.3 Å². The van der Waals surface area contributed by atoms with E-state index < -0.39 is 13.2 Å². The Hall–Kier alpha value is -2.18. The third-order valence-corrected chi connectivity index (χ3v) is 23.3. The highest BCUT2D eigenvalue weighted by molar-refractivity contribution is 7.61. The summed E-state index contributed by atoms with van der Waals surface area (Å²) in [5, 5.41) is 4.88. The summed E-state index contributed by atoms with van der Waals surface area (Å²) in [6, 6.07) is 26.7. The molecule has 2 aromatic carbocycles. The lowest BCUT2D eigenvalue weighted by Gasteiger charge is -2.67. The molecule has 1 unspecified atom stereocenters. The summed E-state index contributed by atoms with van der Waals surface area (Å²) < 4.78 is 0. The van der Waals surface area contributed by atoms with Crippen LogP contribution in [0.2, 0.25) is 19.6 Å². The van der Waals surface area contributed by atoms with Gasteiger partial charge in [0, 0.05) is 10.8 Å². The molecule has 274 valence electrons. The van der Waals surface area contributed by atoms with Crippen molar-refractivity contribution < 1.29 is 0 Å². The maximum atomic E-state index is 5.56. The fraction of sp³-hybridized carbons (Fsp3) is 0.542. The molecule has 0 radical (unpaired) electrons. The first-order valence-electron chi connectivity index (χ1n) is 21.3. The van der Waals surface area contributed by atoms with Gasteiger partial charge in [-0.25, -0.2) is 0 Å². The van der Waals surface area contributed by atoms with E-state index in [-0.39, 0.29) is 7.92 Å². The van der Waals surface area contributed by atoms with Crippen LogP contribution in [0.5, 0.6) is 0 Å². The average molecular weight is 753 g/mol. The molecule has 0 aliphatic heterocycles. The molecule has 0 amide bonds. The molecule has 8 saturated carbocycles. The van der Waals surface area contributed by atoms with Crippen molar-refractivity contribution in [1.29, 1.82) is 0 Å². The Kier molecular flexibility index (Phi) is 7.82. The third-order valence-electron chi connectivity index (χ3n) is 16.0. The van der Waals surface area contributed by atoms with Gasteiger partial charge < -0.3 is 0 Å². The van der Waals surface area contributed by atoms with Gasteiger partial charge in [-0.1, -0.05) is 87.4 Å². The van der Waals surface area contributed by atoms with Crippen LogP contribution in [0.25, 0.3) is 21.8 Å². The fourth-order valence-electron chi connectivity index (χ4n) is 14.5. The molecule has 2 nitrogen and oxygen atoms in total. The van der Waals surface area contributed by atoms with Crippen LogP contribution in [-0.2, 0) is 5.16 Å². The molecule has 8 fully saturated rings. The number of aromatic nitrogens is 2. The lowest BCUT2D eigenvalue weighted by atomic mass is 9.55. The molecule has 13 rings (SSSR count). The lowest BCUT2D eigenvalue weighted by Crippen LogP contribution is -2.57. The van der Waals surface area contributed by atoms with E-state index in [9.17, 15) is 0 Å². The van der Waals surface area contributed by atoms with Crippen molar-refractivity contribution in [1.82, 2.24) is 9.97 Å². The Morgan fingerprint density at radius 3 is 1.45 bits per heavy atom. The monoisotopic (exact) mass is 752 g/mol. The largest absolute Gasteiger partial charge is 0.251 e. The van der Waals surface area contributed by atoms with Crippen molar-refractivity contribution in [2.45, 2.75) is 119 Å². The predicted octanol–water partition coefficient (Wildman–Crippen LogP) is 12.8. The van der Waals surface area contributed by atoms with Crippen molar-refractivity contribution in [2.24, 2.45) is 35.5 Å². The summed E-state index contributed by atoms with van der Waals surface area (Å²) in [6.45, 7) is 7.77. The van der Waals surface area contributed by atoms with Crippen molar-refractivity contribution in [2.75, 3.05) is 6.16 Å². The SMILES string of the molecule is C[Si](C)(C)C1=CC(CP(C23CC4CC(CC(C4)C2)C3)C23CC4CC(CC(C4)C2)C3)=C(C(P)(c2ccc3ccccc3n2)c2ccc3ccccc3n2)C1. The number of allylic oxidation sites excluding steroid dienone is 4. The van der Waals surface area contributed by atoms with Crippen LogP contribution in [0.1, 0.15) is 94.9 Å². The van der Waals surface area contributed by atoms with E-state index in [1.165, 1.54) is 16.9 Å². The van der Waals surface area contributed by atoms with E-state index in [1.54, 1.807) is 93.4 Å². The van der Waals surface area contributed by atoms with Gasteiger partial charge >= 0.3 is 0 Å². The Labute approximate surface area is 322 Å². The Morgan fingerprint density at radius 2 is 1.04 bits per heavy atom. The molecular formula is C48H58N2P2Si. The van der Waals surface area contributed by atoms with E-state index in [0.717, 1.165) is 64.3 Å². The summed E-state index contributed by atoms with van der Waals surface area (Å²) in [4.78, 5) is 11.1. The van der Waals surface area contributed by atoms with Crippen LogP contribution >= 0.6 is 17.2 Å². The second-order valence-corrected chi connectivity index (χ2v) is 29.6. The minimum atomic E-state index is -1.59. The van der Waals surface area contributed by atoms with Gasteiger partial charge in [0.2, 0.25) is 0 Å². The van der Waals surface area contributed by atoms with Gasteiger partial charge in [-0.05, 0) is 171 Å². The molecule has 53 heavy (non-hydrogen) atoms. The molecule has 0 N–H and O–H groups in total. The zero-order chi connectivity index (χ0) is 35.7. The normalized spacial score (nSPS) is 35.1. The van der Waals surface area contributed by atoms with Crippen molar-refractivity contribution in [3.05, 3.63) is 107 Å². The van der Waals surface area contributed by atoms with E-state index in [4.69, 9.17) is 9.97 Å². The summed E-state index contributed by atoms with van der Waals surface area (Å²) in [6.07, 6.45) is 23.9. The second-order valence-electron chi connectivity index (χ2n) is 20.6. The molecule has 5 heteroatoms. The number of pyridine rings is 2. The van der Waals surface area contributed by atoms with Crippen LogP contribution in [0, 0.1) is 35.5 Å². The van der Waals surface area contributed by atoms with E-state index in [2.05, 4.69) is 108 Å². The van der Waals surface area contributed by atoms with Gasteiger partial charge in [0.1, 0.15) is 0 Å². The highest BCUT2D eigenvalue weighted by Crippen LogP contribution is 2.79. The topological polar surface area (TPSA) is 25.8 Å². The van der Waals surface area contributed by atoms with Gasteiger partial charge in [-0.3, -0.25) is 9.97 Å². The van der Waals surface area contributed by atoms with Gasteiger partial charge in [0.05, 0.1) is 35.7 Å². The molecule has 8 bridgehead atoms. The molecule has 4 aromatic rings.